The van der Waals surface area contributed by atoms with Gasteiger partial charge in [0.05, 0.1) is 0 Å². The molecule has 2 N–H and O–H groups in total. The fourth-order valence-corrected chi connectivity index (χ4v) is 3.98. The van der Waals surface area contributed by atoms with Gasteiger partial charge in [-0.3, -0.25) is 4.79 Å². The Kier molecular flexibility index (Phi) is 6.08. The van der Waals surface area contributed by atoms with Gasteiger partial charge in [-0.1, -0.05) is 35.9 Å². The first kappa shape index (κ1) is 19.7. The van der Waals surface area contributed by atoms with E-state index in [4.69, 9.17) is 4.74 Å². The van der Waals surface area contributed by atoms with Gasteiger partial charge in [0.15, 0.2) is 0 Å². The first-order valence-electron chi connectivity index (χ1n) is 9.47. The number of aryl methyl sites for hydroxylation is 1. The minimum atomic E-state index is 0. The number of nitrogens with one attached hydrogen (secondary N) is 2. The number of carbonyl (C=O) groups is 1. The van der Waals surface area contributed by atoms with Gasteiger partial charge in [-0.2, -0.15) is 0 Å². The highest BCUT2D eigenvalue weighted by molar-refractivity contribution is 5.85. The number of amides is 1. The summed E-state index contributed by atoms with van der Waals surface area (Å²) < 4.78 is 6.02. The molecule has 4 nitrogen and oxygen atoms in total. The summed E-state index contributed by atoms with van der Waals surface area (Å²) in [6.45, 7) is 4.64. The maximum atomic E-state index is 12.6. The maximum Gasteiger partial charge on any atom is 0.223 e. The second-order valence-corrected chi connectivity index (χ2v) is 7.61. The molecule has 2 aliphatic rings. The third-order valence-electron chi connectivity index (χ3n) is 5.78. The van der Waals surface area contributed by atoms with Crippen LogP contribution in [0.4, 0.5) is 0 Å². The highest BCUT2D eigenvalue weighted by atomic mass is 35.5. The third-order valence-corrected chi connectivity index (χ3v) is 5.78. The van der Waals surface area contributed by atoms with Crippen molar-refractivity contribution >= 4 is 18.3 Å². The average molecular weight is 387 g/mol. The molecule has 1 saturated heterocycles. The first-order chi connectivity index (χ1) is 12.7. The largest absolute Gasteiger partial charge is 0.457 e. The van der Waals surface area contributed by atoms with Gasteiger partial charge in [-0.25, -0.2) is 0 Å². The summed E-state index contributed by atoms with van der Waals surface area (Å²) in [6, 6.07) is 15.9. The molecule has 1 amide bonds. The van der Waals surface area contributed by atoms with Crippen LogP contribution in [0.2, 0.25) is 0 Å². The molecule has 27 heavy (non-hydrogen) atoms. The van der Waals surface area contributed by atoms with Crippen molar-refractivity contribution in [2.24, 2.45) is 11.3 Å². The van der Waals surface area contributed by atoms with Gasteiger partial charge in [-0.15, -0.1) is 12.4 Å². The van der Waals surface area contributed by atoms with Gasteiger partial charge in [0.25, 0.3) is 0 Å². The first-order valence-corrected chi connectivity index (χ1v) is 9.47. The Morgan fingerprint density at radius 2 is 1.85 bits per heavy atom. The number of para-hydroxylation sites is 1. The number of piperidine rings is 1. The van der Waals surface area contributed by atoms with Gasteiger partial charge in [0.2, 0.25) is 5.91 Å². The second-order valence-electron chi connectivity index (χ2n) is 7.61. The van der Waals surface area contributed by atoms with Gasteiger partial charge < -0.3 is 15.4 Å². The second kappa shape index (κ2) is 8.32. The monoisotopic (exact) mass is 386 g/mol. The Hall–Kier alpha value is -2.04. The van der Waals surface area contributed by atoms with Crippen LogP contribution in [0.15, 0.2) is 48.5 Å². The maximum absolute atomic E-state index is 12.6. The molecule has 1 saturated carbocycles. The van der Waals surface area contributed by atoms with Crippen LogP contribution in [-0.4, -0.2) is 19.0 Å². The number of rotatable bonds is 5. The number of halogens is 1. The molecule has 0 bridgehead atoms. The molecule has 2 aromatic carbocycles. The molecule has 2 fully saturated rings. The van der Waals surface area contributed by atoms with Crippen molar-refractivity contribution in [1.82, 2.24) is 10.6 Å². The fourth-order valence-electron chi connectivity index (χ4n) is 3.98. The summed E-state index contributed by atoms with van der Waals surface area (Å²) in [5.41, 5.74) is 2.48. The topological polar surface area (TPSA) is 50.4 Å². The van der Waals surface area contributed by atoms with E-state index < -0.39 is 0 Å². The lowest BCUT2D eigenvalue weighted by atomic mass is 9.92. The summed E-state index contributed by atoms with van der Waals surface area (Å²) in [6.07, 6.45) is 3.29. The number of benzene rings is 2. The Labute approximate surface area is 167 Å². The smallest absolute Gasteiger partial charge is 0.223 e. The van der Waals surface area contributed by atoms with Crippen molar-refractivity contribution in [3.63, 3.8) is 0 Å². The van der Waals surface area contributed by atoms with E-state index in [2.05, 4.69) is 17.6 Å². The van der Waals surface area contributed by atoms with E-state index in [1.807, 2.05) is 48.5 Å². The van der Waals surface area contributed by atoms with Gasteiger partial charge in [0.1, 0.15) is 11.5 Å². The molecular weight excluding hydrogens is 360 g/mol. The zero-order valence-corrected chi connectivity index (χ0v) is 16.5. The minimum absolute atomic E-state index is 0. The molecule has 1 unspecified atom stereocenters. The van der Waals surface area contributed by atoms with Gasteiger partial charge >= 0.3 is 0 Å². The van der Waals surface area contributed by atoms with Crippen LogP contribution < -0.4 is 15.4 Å². The summed E-state index contributed by atoms with van der Waals surface area (Å²) >= 11 is 0. The molecule has 144 valence electrons. The summed E-state index contributed by atoms with van der Waals surface area (Å²) in [5.74, 6) is 1.99. The number of hydrogen-bond donors (Lipinski definition) is 2. The van der Waals surface area contributed by atoms with Gasteiger partial charge in [-0.05, 0) is 62.9 Å². The van der Waals surface area contributed by atoms with Crippen LogP contribution in [0, 0.1) is 18.3 Å². The van der Waals surface area contributed by atoms with E-state index in [1.54, 1.807) is 0 Å². The Morgan fingerprint density at radius 3 is 2.59 bits per heavy atom. The lowest BCUT2D eigenvalue weighted by Gasteiger charge is -2.23. The van der Waals surface area contributed by atoms with Crippen molar-refractivity contribution < 1.29 is 9.53 Å². The quantitative estimate of drug-likeness (QED) is 0.809. The zero-order chi connectivity index (χ0) is 18.0. The Morgan fingerprint density at radius 1 is 1.15 bits per heavy atom. The molecule has 1 aliphatic heterocycles. The average Bonchev–Trinajstić information content (AvgIpc) is 3.36. The minimum Gasteiger partial charge on any atom is -0.457 e. The molecule has 0 aromatic heterocycles. The molecular formula is C22H27ClN2O2. The SMILES string of the molecule is Cc1ccc(Oc2ccccc2CNC(=O)C2CC23CCNCC3)cc1.Cl. The standard InChI is InChI=1S/C22H26N2O2.ClH/c1-16-6-8-18(9-7-16)26-20-5-3-2-4-17(20)15-24-21(25)19-14-22(19)10-12-23-13-11-22;/h2-9,19,23H,10-15H2,1H3,(H,24,25);1H. The molecule has 0 radical (unpaired) electrons. The third kappa shape index (κ3) is 4.45. The van der Waals surface area contributed by atoms with Gasteiger partial charge in [0, 0.05) is 18.0 Å². The summed E-state index contributed by atoms with van der Waals surface area (Å²) in [5, 5.41) is 6.51. The zero-order valence-electron chi connectivity index (χ0n) is 15.7. The highest BCUT2D eigenvalue weighted by Gasteiger charge is 2.57. The van der Waals surface area contributed by atoms with Crippen LogP contribution in [0.3, 0.4) is 0 Å². The van der Waals surface area contributed by atoms with Crippen molar-refractivity contribution in [2.75, 3.05) is 13.1 Å². The van der Waals surface area contributed by atoms with E-state index in [9.17, 15) is 4.79 Å². The Bertz CT molecular complexity index is 785. The van der Waals surface area contributed by atoms with E-state index >= 15 is 0 Å². The normalized spacial score (nSPS) is 19.8. The van der Waals surface area contributed by atoms with E-state index in [0.29, 0.717) is 6.54 Å². The highest BCUT2D eigenvalue weighted by Crippen LogP contribution is 2.58. The predicted octanol–water partition coefficient (Wildman–Crippen LogP) is 4.22. The lowest BCUT2D eigenvalue weighted by molar-refractivity contribution is -0.123. The number of ether oxygens (including phenoxy) is 1. The van der Waals surface area contributed by atoms with E-state index in [-0.39, 0.29) is 29.6 Å². The summed E-state index contributed by atoms with van der Waals surface area (Å²) in [4.78, 5) is 12.6. The summed E-state index contributed by atoms with van der Waals surface area (Å²) in [7, 11) is 0. The van der Waals surface area contributed by atoms with Crippen molar-refractivity contribution in [3.05, 3.63) is 59.7 Å². The number of carbonyl (C=O) groups excluding carboxylic acids is 1. The van der Waals surface area contributed by atoms with E-state index in [0.717, 1.165) is 49.4 Å². The van der Waals surface area contributed by atoms with Crippen molar-refractivity contribution in [1.29, 1.82) is 0 Å². The van der Waals surface area contributed by atoms with Crippen molar-refractivity contribution in [2.45, 2.75) is 32.7 Å². The number of hydrogen-bond acceptors (Lipinski definition) is 3. The van der Waals surface area contributed by atoms with Crippen LogP contribution in [0.25, 0.3) is 0 Å². The van der Waals surface area contributed by atoms with Crippen molar-refractivity contribution in [3.8, 4) is 11.5 Å². The lowest BCUT2D eigenvalue weighted by Crippen LogP contribution is -2.33. The molecule has 4 rings (SSSR count). The van der Waals surface area contributed by atoms with Crippen LogP contribution in [0.1, 0.15) is 30.4 Å². The van der Waals surface area contributed by atoms with Crippen LogP contribution >= 0.6 is 12.4 Å². The molecule has 2 aromatic rings. The molecule has 1 aliphatic carbocycles. The van der Waals surface area contributed by atoms with E-state index in [1.165, 1.54) is 5.56 Å². The van der Waals surface area contributed by atoms with Crippen LogP contribution in [-0.2, 0) is 11.3 Å². The molecule has 1 atom stereocenters. The predicted molar refractivity (Wildman–Crippen MR) is 109 cm³/mol. The van der Waals surface area contributed by atoms with Crippen LogP contribution in [0.5, 0.6) is 11.5 Å². The molecule has 1 spiro atoms. The fraction of sp³-hybridized carbons (Fsp3) is 0.409. The molecule has 5 heteroatoms. The molecule has 1 heterocycles. The Balaban J connectivity index is 0.00000210.